The van der Waals surface area contributed by atoms with E-state index in [1.165, 1.54) is 10.9 Å². The average molecular weight is 273 g/mol. The number of nitriles is 1. The Labute approximate surface area is 124 Å². The van der Waals surface area contributed by atoms with Gasteiger partial charge in [-0.25, -0.2) is 0 Å². The Kier molecular flexibility index (Phi) is 3.53. The fourth-order valence-electron chi connectivity index (χ4n) is 2.45. The van der Waals surface area contributed by atoms with Crippen LogP contribution in [0.25, 0.3) is 10.9 Å². The summed E-state index contributed by atoms with van der Waals surface area (Å²) in [5.41, 5.74) is 3.95. The van der Waals surface area contributed by atoms with E-state index >= 15 is 0 Å². The number of fused-ring (bicyclic) bond motifs is 1. The molecule has 0 bridgehead atoms. The van der Waals surface area contributed by atoms with Gasteiger partial charge in [-0.2, -0.15) is 5.26 Å². The summed E-state index contributed by atoms with van der Waals surface area (Å²) in [5, 5.41) is 10.2. The summed E-state index contributed by atoms with van der Waals surface area (Å²) in [5.74, 6) is 0. The van der Waals surface area contributed by atoms with Crippen molar-refractivity contribution in [1.29, 1.82) is 5.26 Å². The highest BCUT2D eigenvalue weighted by atomic mass is 15.1. The van der Waals surface area contributed by atoms with Gasteiger partial charge in [0.2, 0.25) is 0 Å². The summed E-state index contributed by atoms with van der Waals surface area (Å²) < 4.78 is 0. The van der Waals surface area contributed by atoms with Crippen molar-refractivity contribution in [3.63, 3.8) is 0 Å². The Balaban J connectivity index is 1.93. The van der Waals surface area contributed by atoms with Gasteiger partial charge in [0.1, 0.15) is 0 Å². The van der Waals surface area contributed by atoms with Crippen LogP contribution in [0, 0.1) is 11.3 Å². The normalized spacial score (nSPS) is 10.3. The first-order chi connectivity index (χ1) is 10.3. The molecule has 0 unspecified atom stereocenters. The van der Waals surface area contributed by atoms with Crippen LogP contribution in [0.3, 0.4) is 0 Å². The minimum Gasteiger partial charge on any atom is -0.370 e. The molecule has 2 aromatic carbocycles. The highest BCUT2D eigenvalue weighted by Crippen LogP contribution is 2.21. The zero-order valence-corrected chi connectivity index (χ0v) is 11.8. The number of rotatable bonds is 3. The van der Waals surface area contributed by atoms with Crippen LogP contribution in [-0.2, 0) is 6.54 Å². The quantitative estimate of drug-likeness (QED) is 0.729. The first-order valence-electron chi connectivity index (χ1n) is 6.82. The fraction of sp³-hybridized carbons (Fsp3) is 0.111. The van der Waals surface area contributed by atoms with Crippen molar-refractivity contribution in [3.8, 4) is 6.07 Å². The Bertz CT molecular complexity index is 813. The zero-order valence-electron chi connectivity index (χ0n) is 11.8. The molecule has 0 radical (unpaired) electrons. The van der Waals surface area contributed by atoms with Crippen molar-refractivity contribution in [2.24, 2.45) is 0 Å². The molecule has 21 heavy (non-hydrogen) atoms. The van der Waals surface area contributed by atoms with Crippen LogP contribution in [0.15, 0.2) is 60.8 Å². The van der Waals surface area contributed by atoms with Crippen molar-refractivity contribution in [1.82, 2.24) is 4.98 Å². The Morgan fingerprint density at radius 2 is 1.95 bits per heavy atom. The van der Waals surface area contributed by atoms with E-state index in [1.54, 1.807) is 0 Å². The second-order valence-corrected chi connectivity index (χ2v) is 5.01. The molecule has 3 nitrogen and oxygen atoms in total. The Morgan fingerprint density at radius 1 is 1.10 bits per heavy atom. The zero-order chi connectivity index (χ0) is 14.7. The average Bonchev–Trinajstić information content (AvgIpc) is 2.55. The topological polar surface area (TPSA) is 39.9 Å². The SMILES string of the molecule is CN(Cc1ccnc2ccccc12)c1cccc(C#N)c1. The van der Waals surface area contributed by atoms with Gasteiger partial charge in [-0.15, -0.1) is 0 Å². The smallest absolute Gasteiger partial charge is 0.0992 e. The van der Waals surface area contributed by atoms with Gasteiger partial charge in [-0.05, 0) is 35.9 Å². The maximum absolute atomic E-state index is 9.00. The predicted molar refractivity (Wildman–Crippen MR) is 85.0 cm³/mol. The lowest BCUT2D eigenvalue weighted by Gasteiger charge is -2.20. The monoisotopic (exact) mass is 273 g/mol. The first kappa shape index (κ1) is 13.1. The molecule has 3 rings (SSSR count). The maximum atomic E-state index is 9.00. The van der Waals surface area contributed by atoms with Crippen LogP contribution in [0.1, 0.15) is 11.1 Å². The molecule has 0 saturated carbocycles. The number of aromatic nitrogens is 1. The second-order valence-electron chi connectivity index (χ2n) is 5.01. The standard InChI is InChI=1S/C18H15N3/c1-21(16-6-4-5-14(11-16)12-19)13-15-9-10-20-18-8-3-2-7-17(15)18/h2-11H,13H2,1H3. The highest BCUT2D eigenvalue weighted by molar-refractivity contribution is 5.82. The van der Waals surface area contributed by atoms with E-state index in [1.807, 2.05) is 61.8 Å². The van der Waals surface area contributed by atoms with Gasteiger partial charge >= 0.3 is 0 Å². The predicted octanol–water partition coefficient (Wildman–Crippen LogP) is 3.74. The van der Waals surface area contributed by atoms with E-state index in [-0.39, 0.29) is 0 Å². The summed E-state index contributed by atoms with van der Waals surface area (Å²) in [4.78, 5) is 6.53. The summed E-state index contributed by atoms with van der Waals surface area (Å²) in [6.45, 7) is 0.776. The number of benzene rings is 2. The maximum Gasteiger partial charge on any atom is 0.0992 e. The third-order valence-electron chi connectivity index (χ3n) is 3.56. The van der Waals surface area contributed by atoms with Crippen LogP contribution in [0.5, 0.6) is 0 Å². The molecule has 3 heteroatoms. The Hall–Kier alpha value is -2.86. The largest absolute Gasteiger partial charge is 0.370 e. The lowest BCUT2D eigenvalue weighted by atomic mass is 10.1. The molecule has 0 fully saturated rings. The molecule has 0 N–H and O–H groups in total. The number of hydrogen-bond acceptors (Lipinski definition) is 3. The lowest BCUT2D eigenvalue weighted by molar-refractivity contribution is 0.928. The van der Waals surface area contributed by atoms with Crippen molar-refractivity contribution >= 4 is 16.6 Å². The number of anilines is 1. The molecule has 0 aliphatic carbocycles. The third kappa shape index (κ3) is 2.70. The molecular formula is C18H15N3. The second kappa shape index (κ2) is 5.64. The molecule has 3 aromatic rings. The summed E-state index contributed by atoms with van der Waals surface area (Å²) in [6.07, 6.45) is 1.84. The molecule has 0 saturated heterocycles. The van der Waals surface area contributed by atoms with Gasteiger partial charge in [0, 0.05) is 30.9 Å². The summed E-state index contributed by atoms with van der Waals surface area (Å²) in [6, 6.07) is 20.0. The van der Waals surface area contributed by atoms with Crippen LogP contribution >= 0.6 is 0 Å². The van der Waals surface area contributed by atoms with E-state index in [4.69, 9.17) is 5.26 Å². The molecule has 0 aliphatic rings. The van der Waals surface area contributed by atoms with Crippen LogP contribution in [0.4, 0.5) is 5.69 Å². The molecule has 0 aliphatic heterocycles. The van der Waals surface area contributed by atoms with E-state index in [0.717, 1.165) is 17.7 Å². The molecular weight excluding hydrogens is 258 g/mol. The van der Waals surface area contributed by atoms with Gasteiger partial charge < -0.3 is 4.90 Å². The lowest BCUT2D eigenvalue weighted by Crippen LogP contribution is -2.16. The molecule has 102 valence electrons. The first-order valence-corrected chi connectivity index (χ1v) is 6.82. The van der Waals surface area contributed by atoms with Crippen molar-refractivity contribution in [2.45, 2.75) is 6.54 Å². The number of pyridine rings is 1. The van der Waals surface area contributed by atoms with Gasteiger partial charge in [0.15, 0.2) is 0 Å². The van der Waals surface area contributed by atoms with Crippen molar-refractivity contribution in [2.75, 3.05) is 11.9 Å². The van der Waals surface area contributed by atoms with Crippen LogP contribution in [-0.4, -0.2) is 12.0 Å². The van der Waals surface area contributed by atoms with E-state index in [0.29, 0.717) is 5.56 Å². The molecule has 0 amide bonds. The van der Waals surface area contributed by atoms with E-state index in [2.05, 4.69) is 22.0 Å². The minimum atomic E-state index is 0.680. The van der Waals surface area contributed by atoms with Crippen LogP contribution in [0.2, 0.25) is 0 Å². The fourth-order valence-corrected chi connectivity index (χ4v) is 2.45. The van der Waals surface area contributed by atoms with Gasteiger partial charge in [0.25, 0.3) is 0 Å². The molecule has 0 spiro atoms. The third-order valence-corrected chi connectivity index (χ3v) is 3.56. The molecule has 1 heterocycles. The summed E-state index contributed by atoms with van der Waals surface area (Å²) >= 11 is 0. The minimum absolute atomic E-state index is 0.680. The van der Waals surface area contributed by atoms with Gasteiger partial charge in [-0.1, -0.05) is 24.3 Å². The number of para-hydroxylation sites is 1. The van der Waals surface area contributed by atoms with E-state index in [9.17, 15) is 0 Å². The summed E-state index contributed by atoms with van der Waals surface area (Å²) in [7, 11) is 2.03. The van der Waals surface area contributed by atoms with Crippen LogP contribution < -0.4 is 4.90 Å². The van der Waals surface area contributed by atoms with Crippen molar-refractivity contribution in [3.05, 3.63) is 71.9 Å². The Morgan fingerprint density at radius 3 is 2.81 bits per heavy atom. The highest BCUT2D eigenvalue weighted by Gasteiger charge is 2.06. The van der Waals surface area contributed by atoms with Gasteiger partial charge in [-0.3, -0.25) is 4.98 Å². The van der Waals surface area contributed by atoms with Crippen molar-refractivity contribution < 1.29 is 0 Å². The molecule has 0 atom stereocenters. The van der Waals surface area contributed by atoms with E-state index < -0.39 is 0 Å². The molecule has 1 aromatic heterocycles. The number of hydrogen-bond donors (Lipinski definition) is 0. The number of nitrogens with zero attached hydrogens (tertiary/aromatic N) is 3. The van der Waals surface area contributed by atoms with Gasteiger partial charge in [0.05, 0.1) is 17.1 Å².